The number of carbonyl (C=O) groups excluding carboxylic acids is 2. The normalized spacial score (nSPS) is 15.3. The van der Waals surface area contributed by atoms with E-state index in [1.807, 2.05) is 31.2 Å². The minimum absolute atomic E-state index is 0.277. The second-order valence-electron chi connectivity index (χ2n) is 6.17. The minimum Gasteiger partial charge on any atom is -0.488 e. The third-order valence-corrected chi connectivity index (χ3v) is 5.64. The molecule has 3 amide bonds. The maximum Gasteiger partial charge on any atom is 0.329 e. The topological polar surface area (TPSA) is 58.6 Å². The molecular formula is C20H17Cl2IN2O3. The lowest BCUT2D eigenvalue weighted by Crippen LogP contribution is -2.31. The van der Waals surface area contributed by atoms with Crippen LogP contribution < -0.4 is 10.1 Å². The quantitative estimate of drug-likeness (QED) is 0.305. The van der Waals surface area contributed by atoms with Crippen LogP contribution in [0, 0.1) is 3.57 Å². The number of hydrogen-bond donors (Lipinski definition) is 1. The van der Waals surface area contributed by atoms with Gasteiger partial charge in [-0.05, 0) is 70.5 Å². The molecule has 0 aromatic heterocycles. The predicted molar refractivity (Wildman–Crippen MR) is 118 cm³/mol. The zero-order valence-corrected chi connectivity index (χ0v) is 18.6. The van der Waals surface area contributed by atoms with Crippen LogP contribution in [0.2, 0.25) is 10.0 Å². The van der Waals surface area contributed by atoms with Crippen molar-refractivity contribution in [2.24, 2.45) is 0 Å². The molecule has 2 aromatic carbocycles. The highest BCUT2D eigenvalue weighted by atomic mass is 127. The van der Waals surface area contributed by atoms with Gasteiger partial charge >= 0.3 is 6.03 Å². The van der Waals surface area contributed by atoms with Crippen LogP contribution >= 0.6 is 45.8 Å². The van der Waals surface area contributed by atoms with Crippen LogP contribution in [0.25, 0.3) is 6.08 Å². The lowest BCUT2D eigenvalue weighted by molar-refractivity contribution is -0.122. The van der Waals surface area contributed by atoms with Crippen molar-refractivity contribution in [3.63, 3.8) is 0 Å². The zero-order valence-electron chi connectivity index (χ0n) is 15.0. The summed E-state index contributed by atoms with van der Waals surface area (Å²) < 4.78 is 6.74. The number of rotatable bonds is 6. The lowest BCUT2D eigenvalue weighted by Gasteiger charge is -2.10. The van der Waals surface area contributed by atoms with Crippen LogP contribution in [-0.4, -0.2) is 23.4 Å². The average Bonchev–Trinajstić information content (AvgIpc) is 2.91. The van der Waals surface area contributed by atoms with Crippen molar-refractivity contribution < 1.29 is 14.3 Å². The van der Waals surface area contributed by atoms with Gasteiger partial charge in [0.2, 0.25) is 0 Å². The summed E-state index contributed by atoms with van der Waals surface area (Å²) >= 11 is 14.1. The summed E-state index contributed by atoms with van der Waals surface area (Å²) in [5.74, 6) is 0.407. The van der Waals surface area contributed by atoms with Gasteiger partial charge in [-0.1, -0.05) is 42.3 Å². The number of halogens is 3. The highest BCUT2D eigenvalue weighted by Gasteiger charge is 2.32. The number of amides is 3. The van der Waals surface area contributed by atoms with E-state index in [9.17, 15) is 9.59 Å². The van der Waals surface area contributed by atoms with Crippen LogP contribution in [0.15, 0.2) is 42.1 Å². The van der Waals surface area contributed by atoms with Crippen molar-refractivity contribution in [2.75, 3.05) is 6.54 Å². The van der Waals surface area contributed by atoms with E-state index in [-0.39, 0.29) is 17.6 Å². The highest BCUT2D eigenvalue weighted by molar-refractivity contribution is 14.1. The molecule has 1 aliphatic rings. The summed E-state index contributed by atoms with van der Waals surface area (Å²) in [4.78, 5) is 25.4. The van der Waals surface area contributed by atoms with Crippen LogP contribution in [0.3, 0.4) is 0 Å². The lowest BCUT2D eigenvalue weighted by atomic mass is 10.2. The van der Waals surface area contributed by atoms with Crippen molar-refractivity contribution in [3.8, 4) is 5.75 Å². The Morgan fingerprint density at radius 1 is 1.14 bits per heavy atom. The van der Waals surface area contributed by atoms with Crippen LogP contribution in [-0.2, 0) is 11.4 Å². The van der Waals surface area contributed by atoms with Gasteiger partial charge < -0.3 is 10.1 Å². The minimum atomic E-state index is -0.380. The van der Waals surface area contributed by atoms with Gasteiger partial charge in [0.25, 0.3) is 5.91 Å². The van der Waals surface area contributed by atoms with Crippen molar-refractivity contribution in [1.82, 2.24) is 10.2 Å². The van der Waals surface area contributed by atoms with Crippen molar-refractivity contribution in [1.29, 1.82) is 0 Å². The fraction of sp³-hybridized carbons (Fsp3) is 0.200. The van der Waals surface area contributed by atoms with Gasteiger partial charge in [-0.2, -0.15) is 0 Å². The van der Waals surface area contributed by atoms with Crippen LogP contribution in [0.1, 0.15) is 24.5 Å². The molecule has 0 bridgehead atoms. The molecule has 0 saturated carbocycles. The van der Waals surface area contributed by atoms with Gasteiger partial charge in [0, 0.05) is 6.54 Å². The monoisotopic (exact) mass is 530 g/mol. The number of hydrogen-bond acceptors (Lipinski definition) is 3. The van der Waals surface area contributed by atoms with E-state index in [0.29, 0.717) is 28.9 Å². The average molecular weight is 531 g/mol. The number of imide groups is 1. The number of carbonyl (C=O) groups is 2. The van der Waals surface area contributed by atoms with Gasteiger partial charge in [0.05, 0.1) is 13.6 Å². The van der Waals surface area contributed by atoms with Gasteiger partial charge in [-0.3, -0.25) is 9.69 Å². The molecular weight excluding hydrogens is 514 g/mol. The number of benzene rings is 2. The Morgan fingerprint density at radius 3 is 2.61 bits per heavy atom. The fourth-order valence-corrected chi connectivity index (χ4v) is 3.70. The highest BCUT2D eigenvalue weighted by Crippen LogP contribution is 2.27. The Balaban J connectivity index is 1.71. The molecule has 146 valence electrons. The number of ether oxygens (including phenoxy) is 1. The Hall–Kier alpha value is -1.77. The first kappa shape index (κ1) is 21.0. The van der Waals surface area contributed by atoms with Crippen LogP contribution in [0.5, 0.6) is 5.75 Å². The second kappa shape index (κ2) is 9.15. The van der Waals surface area contributed by atoms with Gasteiger partial charge in [-0.15, -0.1) is 0 Å². The fourth-order valence-electron chi connectivity index (χ4n) is 2.68. The maximum atomic E-state index is 12.3. The molecule has 0 unspecified atom stereocenters. The summed E-state index contributed by atoms with van der Waals surface area (Å²) in [6.45, 7) is 2.68. The maximum absolute atomic E-state index is 12.3. The van der Waals surface area contributed by atoms with Gasteiger partial charge in [0.15, 0.2) is 0 Å². The molecule has 1 fully saturated rings. The Bertz CT molecular complexity index is 962. The molecule has 0 atom stereocenters. The van der Waals surface area contributed by atoms with E-state index in [4.69, 9.17) is 27.9 Å². The Morgan fingerprint density at radius 2 is 1.93 bits per heavy atom. The van der Waals surface area contributed by atoms with Gasteiger partial charge in [-0.25, -0.2) is 4.79 Å². The number of nitrogens with zero attached hydrogens (tertiary/aromatic N) is 1. The predicted octanol–water partition coefficient (Wildman–Crippen LogP) is 5.48. The Kier molecular flexibility index (Phi) is 6.85. The molecule has 28 heavy (non-hydrogen) atoms. The van der Waals surface area contributed by atoms with E-state index >= 15 is 0 Å². The zero-order chi connectivity index (χ0) is 20.3. The van der Waals surface area contributed by atoms with Crippen molar-refractivity contribution in [3.05, 3.63) is 66.8 Å². The second-order valence-corrected chi connectivity index (χ2v) is 8.15. The van der Waals surface area contributed by atoms with E-state index in [1.54, 1.807) is 18.2 Å². The summed E-state index contributed by atoms with van der Waals surface area (Å²) in [6.07, 6.45) is 2.38. The molecule has 5 nitrogen and oxygen atoms in total. The van der Waals surface area contributed by atoms with E-state index in [0.717, 1.165) is 21.1 Å². The first-order valence-electron chi connectivity index (χ1n) is 8.60. The standard InChI is InChI=1S/C20H17Cl2IN2O3/c1-2-7-25-19(26)17(24-20(25)27)10-12-4-6-18(16(23)9-12)28-11-13-3-5-14(21)15(22)8-13/h3-6,8-10H,2,7,11H2,1H3,(H,24,27)/b17-10+. The third-order valence-electron chi connectivity index (χ3n) is 4.05. The van der Waals surface area contributed by atoms with Gasteiger partial charge in [0.1, 0.15) is 18.1 Å². The molecule has 1 N–H and O–H groups in total. The van der Waals surface area contributed by atoms with E-state index in [2.05, 4.69) is 27.9 Å². The molecule has 8 heteroatoms. The summed E-state index contributed by atoms with van der Waals surface area (Å²) in [5.41, 5.74) is 1.98. The first-order valence-corrected chi connectivity index (χ1v) is 10.4. The number of urea groups is 1. The Labute approximate surface area is 186 Å². The smallest absolute Gasteiger partial charge is 0.329 e. The third kappa shape index (κ3) is 4.79. The van der Waals surface area contributed by atoms with E-state index < -0.39 is 0 Å². The molecule has 0 aliphatic carbocycles. The molecule has 1 saturated heterocycles. The molecule has 2 aromatic rings. The van der Waals surface area contributed by atoms with Crippen LogP contribution in [0.4, 0.5) is 4.79 Å². The molecule has 1 aliphatic heterocycles. The molecule has 0 radical (unpaired) electrons. The first-order chi connectivity index (χ1) is 13.4. The summed E-state index contributed by atoms with van der Waals surface area (Å²) in [5, 5.41) is 3.61. The summed E-state index contributed by atoms with van der Waals surface area (Å²) in [7, 11) is 0. The van der Waals surface area contributed by atoms with E-state index in [1.165, 1.54) is 4.90 Å². The molecule has 1 heterocycles. The molecule has 0 spiro atoms. The van der Waals surface area contributed by atoms with Crippen molar-refractivity contribution in [2.45, 2.75) is 20.0 Å². The largest absolute Gasteiger partial charge is 0.488 e. The number of nitrogens with one attached hydrogen (secondary N) is 1. The summed E-state index contributed by atoms with van der Waals surface area (Å²) in [6, 6.07) is 10.5. The molecule has 3 rings (SSSR count). The SMILES string of the molecule is CCCN1C(=O)N/C(=C/c2ccc(OCc3ccc(Cl)c(Cl)c3)c(I)c2)C1=O. The van der Waals surface area contributed by atoms with Crippen molar-refractivity contribution >= 4 is 63.8 Å².